The first kappa shape index (κ1) is 50.8. The third-order valence-electron chi connectivity index (χ3n) is 11.7. The van der Waals surface area contributed by atoms with E-state index in [0.717, 1.165) is 25.7 Å². The fraction of sp³-hybridized carbons (Fsp3) is 0.305. The molecule has 6 aromatic rings. The third kappa shape index (κ3) is 12.4. The Labute approximate surface area is 402 Å². The average Bonchev–Trinajstić information content (AvgIpc) is 3.86. The molecule has 6 aromatic carbocycles. The van der Waals surface area contributed by atoms with Crippen LogP contribution in [0.5, 0.6) is 0 Å². The zero-order valence-electron chi connectivity index (χ0n) is 39.1. The molecule has 0 aliphatic heterocycles. The first-order chi connectivity index (χ1) is 28.4. The summed E-state index contributed by atoms with van der Waals surface area (Å²) in [6.45, 7) is 27.5. The Bertz CT molecular complexity index is 2340. The van der Waals surface area contributed by atoms with Crippen LogP contribution in [0.25, 0.3) is 33.4 Å². The van der Waals surface area contributed by atoms with Crippen LogP contribution in [0.1, 0.15) is 115 Å². The maximum absolute atomic E-state index is 4.01. The third-order valence-corrected chi connectivity index (χ3v) is 12.5. The van der Waals surface area contributed by atoms with E-state index in [9.17, 15) is 0 Å². The summed E-state index contributed by atoms with van der Waals surface area (Å²) in [5.41, 5.74) is 24.7. The van der Waals surface area contributed by atoms with E-state index >= 15 is 0 Å². The zero-order chi connectivity index (χ0) is 43.4. The number of fused-ring (bicyclic) bond motifs is 3. The molecule has 0 N–H and O–H groups in total. The van der Waals surface area contributed by atoms with Crippen LogP contribution in [0, 0.1) is 53.7 Å². The molecule has 0 saturated carbocycles. The predicted molar refractivity (Wildman–Crippen MR) is 257 cm³/mol. The molecule has 0 nitrogen and oxygen atoms in total. The average molecular weight is 935 g/mol. The SMILES string of the molecule is Cc1cc(C)c(-c2[c-]c3c(cc2C(C)(C)C)-c2cc(C(C)(C)C)c(-c4c(C)cc(C)cc4C)cc2C3)c(C)c1.[C-]1=CC=CC1.[Cl-].[Cl-].[Zr+2]=[C](Cc1ccccc1)Cc1ccccc1. The Morgan fingerprint density at radius 3 is 1.45 bits per heavy atom. The number of aryl methyl sites for hydroxylation is 6. The molecule has 62 heavy (non-hydrogen) atoms. The summed E-state index contributed by atoms with van der Waals surface area (Å²) < 4.78 is 1.60. The quantitative estimate of drug-likeness (QED) is 0.146. The Hall–Kier alpha value is -3.87. The number of hydrogen-bond acceptors (Lipinski definition) is 0. The molecule has 3 heteroatoms. The molecule has 0 atom stereocenters. The van der Waals surface area contributed by atoms with E-state index in [4.69, 9.17) is 0 Å². The molecule has 0 fully saturated rings. The monoisotopic (exact) mass is 932 g/mol. The fourth-order valence-corrected chi connectivity index (χ4v) is 10.1. The summed E-state index contributed by atoms with van der Waals surface area (Å²) in [7, 11) is 0. The van der Waals surface area contributed by atoms with E-state index in [1.807, 2.05) is 12.2 Å². The van der Waals surface area contributed by atoms with Crippen LogP contribution in [0.15, 0.2) is 121 Å². The molecule has 320 valence electrons. The van der Waals surface area contributed by atoms with Crippen LogP contribution in [-0.2, 0) is 54.3 Å². The number of rotatable bonds is 6. The van der Waals surface area contributed by atoms with Gasteiger partial charge in [-0.05, 0) is 92.2 Å². The van der Waals surface area contributed by atoms with Crippen molar-refractivity contribution in [3.05, 3.63) is 200 Å². The van der Waals surface area contributed by atoms with Crippen molar-refractivity contribution in [2.45, 2.75) is 120 Å². The van der Waals surface area contributed by atoms with Gasteiger partial charge in [-0.1, -0.05) is 117 Å². The van der Waals surface area contributed by atoms with Crippen molar-refractivity contribution in [1.82, 2.24) is 0 Å². The minimum atomic E-state index is 0. The summed E-state index contributed by atoms with van der Waals surface area (Å²) in [6, 6.07) is 42.2. The van der Waals surface area contributed by atoms with Gasteiger partial charge in [0.05, 0.1) is 0 Å². The van der Waals surface area contributed by atoms with E-state index in [1.54, 1.807) is 27.4 Å². The first-order valence-corrected chi connectivity index (χ1v) is 22.9. The summed E-state index contributed by atoms with van der Waals surface area (Å²) in [6.07, 6.45) is 13.2. The summed E-state index contributed by atoms with van der Waals surface area (Å²) in [5, 5.41) is 0. The molecule has 0 heterocycles. The molecule has 2 aliphatic rings. The molecule has 2 aliphatic carbocycles. The van der Waals surface area contributed by atoms with Gasteiger partial charge in [0.25, 0.3) is 0 Å². The summed E-state index contributed by atoms with van der Waals surface area (Å²) in [5.74, 6) is 0. The molecule has 0 spiro atoms. The second-order valence-corrected chi connectivity index (χ2v) is 20.9. The zero-order valence-corrected chi connectivity index (χ0v) is 43.1. The summed E-state index contributed by atoms with van der Waals surface area (Å²) in [4.78, 5) is 0. The number of benzene rings is 6. The fourth-order valence-electron chi connectivity index (χ4n) is 9.08. The normalized spacial score (nSPS) is 12.2. The molecule has 0 bridgehead atoms. The van der Waals surface area contributed by atoms with E-state index < -0.39 is 0 Å². The maximum atomic E-state index is 4.01. The van der Waals surface area contributed by atoms with Gasteiger partial charge in [-0.15, -0.1) is 35.2 Å². The minimum absolute atomic E-state index is 0. The van der Waals surface area contributed by atoms with Gasteiger partial charge in [0, 0.05) is 0 Å². The van der Waals surface area contributed by atoms with Crippen molar-refractivity contribution in [1.29, 1.82) is 0 Å². The van der Waals surface area contributed by atoms with Crippen LogP contribution in [0.2, 0.25) is 0 Å². The second-order valence-electron chi connectivity index (χ2n) is 19.2. The van der Waals surface area contributed by atoms with Crippen LogP contribution >= 0.6 is 0 Å². The van der Waals surface area contributed by atoms with Crippen molar-refractivity contribution in [2.75, 3.05) is 0 Å². The van der Waals surface area contributed by atoms with Crippen LogP contribution in [-0.4, -0.2) is 3.21 Å². The van der Waals surface area contributed by atoms with E-state index in [0.29, 0.717) is 0 Å². The predicted octanol–water partition coefficient (Wildman–Crippen LogP) is 9.34. The molecular weight excluding hydrogens is 871 g/mol. The van der Waals surface area contributed by atoms with Crippen LogP contribution in [0.4, 0.5) is 0 Å². The van der Waals surface area contributed by atoms with Gasteiger partial charge in [0.1, 0.15) is 0 Å². The molecule has 0 saturated heterocycles. The molecule has 0 radical (unpaired) electrons. The van der Waals surface area contributed by atoms with Crippen molar-refractivity contribution >= 4 is 3.21 Å². The molecule has 0 unspecified atom stereocenters. The Balaban J connectivity index is 0.000000302. The van der Waals surface area contributed by atoms with E-state index in [1.165, 1.54) is 100 Å². The van der Waals surface area contributed by atoms with E-state index in [2.05, 4.69) is 204 Å². The Kier molecular flexibility index (Phi) is 17.8. The second kappa shape index (κ2) is 21.7. The van der Waals surface area contributed by atoms with Gasteiger partial charge in [0.15, 0.2) is 0 Å². The topological polar surface area (TPSA) is 0 Å². The molecular formula is C59H64Cl2Zr-2. The van der Waals surface area contributed by atoms with Gasteiger partial charge in [-0.2, -0.15) is 6.08 Å². The standard InChI is InChI=1S/C39H45.C15H14.C5H5.2ClH.Zr/c1-22-13-24(3)36(25(4)14-22)32-18-28-17-29-19-33(37-26(5)15-23(2)16-27(37)6)35(39(10,11)12)21-31(29)30(28)20-34(32)38(7,8)9;1-3-8-14(9-4-1)12-7-13-15-10-5-2-6-11-15;1-2-4-5-3-1;;;/h13-16,18,20-21H,17H2,1-12H3;1-6,8-11H,12-13H2;1-3H,4H2;2*1H;/q-1;;-1;;;+2/p-2. The Morgan fingerprint density at radius 2 is 1.03 bits per heavy atom. The van der Waals surface area contributed by atoms with Crippen LogP contribution in [0.3, 0.4) is 0 Å². The van der Waals surface area contributed by atoms with Gasteiger partial charge in [-0.3, -0.25) is 6.08 Å². The number of hydrogen-bond donors (Lipinski definition) is 0. The number of allylic oxidation sites excluding steroid dienone is 4. The van der Waals surface area contributed by atoms with Crippen molar-refractivity contribution in [3.63, 3.8) is 0 Å². The van der Waals surface area contributed by atoms with E-state index in [-0.39, 0.29) is 35.6 Å². The van der Waals surface area contributed by atoms with Gasteiger partial charge >= 0.3 is 112 Å². The molecule has 0 aromatic heterocycles. The van der Waals surface area contributed by atoms with Gasteiger partial charge in [-0.25, -0.2) is 12.2 Å². The molecule has 0 amide bonds. The Morgan fingerprint density at radius 1 is 0.565 bits per heavy atom. The molecule has 8 rings (SSSR count). The van der Waals surface area contributed by atoms with Gasteiger partial charge in [0.2, 0.25) is 0 Å². The first-order valence-electron chi connectivity index (χ1n) is 21.7. The van der Waals surface area contributed by atoms with Crippen LogP contribution < -0.4 is 24.8 Å². The van der Waals surface area contributed by atoms with Crippen molar-refractivity contribution in [3.8, 4) is 33.4 Å². The number of halogens is 2. The van der Waals surface area contributed by atoms with Crippen molar-refractivity contribution in [2.24, 2.45) is 0 Å². The van der Waals surface area contributed by atoms with Crippen molar-refractivity contribution < 1.29 is 49.0 Å². The summed E-state index contributed by atoms with van der Waals surface area (Å²) >= 11 is 1.55. The van der Waals surface area contributed by atoms with Gasteiger partial charge < -0.3 is 24.8 Å².